The number of likely N-dealkylation sites (tertiary alicyclic amines) is 1. The van der Waals surface area contributed by atoms with Crippen molar-refractivity contribution < 1.29 is 19.5 Å². The van der Waals surface area contributed by atoms with Crippen molar-refractivity contribution in [3.63, 3.8) is 0 Å². The summed E-state index contributed by atoms with van der Waals surface area (Å²) in [6.07, 6.45) is 2.21. The zero-order valence-corrected chi connectivity index (χ0v) is 13.7. The van der Waals surface area contributed by atoms with E-state index in [1.807, 2.05) is 25.9 Å². The van der Waals surface area contributed by atoms with Crippen molar-refractivity contribution in [3.8, 4) is 0 Å². The topological polar surface area (TPSA) is 90.0 Å². The van der Waals surface area contributed by atoms with Gasteiger partial charge in [-0.05, 0) is 20.5 Å². The van der Waals surface area contributed by atoms with Gasteiger partial charge in [0, 0.05) is 26.1 Å². The smallest absolute Gasteiger partial charge is 0.326 e. The summed E-state index contributed by atoms with van der Waals surface area (Å²) in [5.74, 6) is -1.83. The summed E-state index contributed by atoms with van der Waals surface area (Å²) in [7, 11) is 3.85. The third-order valence-electron chi connectivity index (χ3n) is 3.86. The van der Waals surface area contributed by atoms with Crippen LogP contribution in [0.15, 0.2) is 0 Å². The van der Waals surface area contributed by atoms with Crippen molar-refractivity contribution >= 4 is 17.8 Å². The molecule has 1 aliphatic heterocycles. The number of likely N-dealkylation sites (N-methyl/N-ethyl adjacent to an activating group) is 1. The van der Waals surface area contributed by atoms with E-state index < -0.39 is 17.9 Å². The predicted octanol–water partition coefficient (Wildman–Crippen LogP) is 0.156. The third kappa shape index (κ3) is 5.63. The molecule has 0 bridgehead atoms. The summed E-state index contributed by atoms with van der Waals surface area (Å²) in [4.78, 5) is 38.9. The normalized spacial score (nSPS) is 19.5. The van der Waals surface area contributed by atoms with Gasteiger partial charge >= 0.3 is 5.97 Å². The summed E-state index contributed by atoms with van der Waals surface area (Å²) >= 11 is 0. The van der Waals surface area contributed by atoms with Gasteiger partial charge in [-0.15, -0.1) is 0 Å². The number of carbonyl (C=O) groups excluding carboxylic acids is 2. The second kappa shape index (κ2) is 8.73. The Morgan fingerprint density at radius 2 is 2.14 bits per heavy atom. The van der Waals surface area contributed by atoms with Crippen LogP contribution < -0.4 is 5.32 Å². The number of nitrogens with one attached hydrogen (secondary N) is 1. The van der Waals surface area contributed by atoms with Crippen molar-refractivity contribution in [2.45, 2.75) is 38.6 Å². The Balaban J connectivity index is 2.51. The predicted molar refractivity (Wildman–Crippen MR) is 82.3 cm³/mol. The number of rotatable bonds is 9. The average Bonchev–Trinajstić information content (AvgIpc) is 2.82. The van der Waals surface area contributed by atoms with Crippen LogP contribution >= 0.6 is 0 Å². The third-order valence-corrected chi connectivity index (χ3v) is 3.86. The quantitative estimate of drug-likeness (QED) is 0.633. The standard InChI is InChI=1S/C15H27N3O4/c1-4-5-6-12(15(21)22)16-14(20)11-9-13(19)18(10-11)8-7-17(2)3/h11-12H,4-10H2,1-3H3,(H,16,20)(H,21,22). The molecule has 22 heavy (non-hydrogen) atoms. The van der Waals surface area contributed by atoms with E-state index in [1.54, 1.807) is 4.90 Å². The minimum atomic E-state index is -1.02. The van der Waals surface area contributed by atoms with Crippen LogP contribution in [-0.4, -0.2) is 72.5 Å². The molecule has 1 aliphatic rings. The Morgan fingerprint density at radius 1 is 1.45 bits per heavy atom. The Hall–Kier alpha value is -1.63. The zero-order chi connectivity index (χ0) is 16.7. The average molecular weight is 313 g/mol. The molecule has 7 heteroatoms. The maximum absolute atomic E-state index is 12.2. The second-order valence-corrected chi connectivity index (χ2v) is 6.09. The lowest BCUT2D eigenvalue weighted by molar-refractivity contribution is -0.142. The summed E-state index contributed by atoms with van der Waals surface area (Å²) in [5, 5.41) is 11.7. The number of nitrogens with zero attached hydrogens (tertiary/aromatic N) is 2. The van der Waals surface area contributed by atoms with Crippen molar-refractivity contribution in [1.29, 1.82) is 0 Å². The summed E-state index contributed by atoms with van der Waals surface area (Å²) in [6.45, 7) is 3.68. The van der Waals surface area contributed by atoms with E-state index in [0.717, 1.165) is 19.4 Å². The van der Waals surface area contributed by atoms with Crippen LogP contribution in [0.2, 0.25) is 0 Å². The Kier molecular flexibility index (Phi) is 7.31. The van der Waals surface area contributed by atoms with Crippen LogP contribution in [0.1, 0.15) is 32.6 Å². The lowest BCUT2D eigenvalue weighted by Crippen LogP contribution is -2.44. The fraction of sp³-hybridized carbons (Fsp3) is 0.800. The molecule has 1 saturated heterocycles. The van der Waals surface area contributed by atoms with Crippen molar-refractivity contribution in [2.75, 3.05) is 33.7 Å². The maximum atomic E-state index is 12.2. The van der Waals surface area contributed by atoms with Crippen molar-refractivity contribution in [2.24, 2.45) is 5.92 Å². The highest BCUT2D eigenvalue weighted by Gasteiger charge is 2.35. The van der Waals surface area contributed by atoms with Crippen LogP contribution in [0.3, 0.4) is 0 Å². The van der Waals surface area contributed by atoms with Crippen LogP contribution in [-0.2, 0) is 14.4 Å². The molecule has 0 spiro atoms. The van der Waals surface area contributed by atoms with Crippen LogP contribution in [0.25, 0.3) is 0 Å². The maximum Gasteiger partial charge on any atom is 0.326 e. The Labute approximate surface area is 131 Å². The van der Waals surface area contributed by atoms with Gasteiger partial charge in [0.05, 0.1) is 5.92 Å². The monoisotopic (exact) mass is 313 g/mol. The molecule has 0 radical (unpaired) electrons. The van der Waals surface area contributed by atoms with Crippen molar-refractivity contribution in [1.82, 2.24) is 15.1 Å². The van der Waals surface area contributed by atoms with Gasteiger partial charge in [-0.3, -0.25) is 9.59 Å². The van der Waals surface area contributed by atoms with Gasteiger partial charge in [0.25, 0.3) is 0 Å². The molecular formula is C15H27N3O4. The molecule has 1 fully saturated rings. The van der Waals surface area contributed by atoms with Gasteiger partial charge in [-0.1, -0.05) is 19.8 Å². The number of hydrogen-bond acceptors (Lipinski definition) is 4. The first-order chi connectivity index (χ1) is 10.3. The molecule has 0 aromatic carbocycles. The molecule has 2 amide bonds. The Bertz CT molecular complexity index is 412. The first kappa shape index (κ1) is 18.4. The van der Waals surface area contributed by atoms with Gasteiger partial charge in [-0.2, -0.15) is 0 Å². The van der Waals surface area contributed by atoms with E-state index in [-0.39, 0.29) is 18.2 Å². The zero-order valence-electron chi connectivity index (χ0n) is 13.7. The molecule has 7 nitrogen and oxygen atoms in total. The highest BCUT2D eigenvalue weighted by atomic mass is 16.4. The number of carboxylic acids is 1. The largest absolute Gasteiger partial charge is 0.480 e. The van der Waals surface area contributed by atoms with Gasteiger partial charge in [0.1, 0.15) is 6.04 Å². The Morgan fingerprint density at radius 3 is 2.68 bits per heavy atom. The molecule has 2 N–H and O–H groups in total. The summed E-state index contributed by atoms with van der Waals surface area (Å²) in [5.41, 5.74) is 0. The highest BCUT2D eigenvalue weighted by molar-refractivity contribution is 5.91. The fourth-order valence-corrected chi connectivity index (χ4v) is 2.44. The number of amides is 2. The van der Waals surface area contributed by atoms with Crippen LogP contribution in [0, 0.1) is 5.92 Å². The number of hydrogen-bond donors (Lipinski definition) is 2. The van der Waals surface area contributed by atoms with Crippen molar-refractivity contribution in [3.05, 3.63) is 0 Å². The molecule has 0 aromatic heterocycles. The molecule has 0 aliphatic carbocycles. The van der Waals surface area contributed by atoms with E-state index in [2.05, 4.69) is 5.32 Å². The molecule has 2 atom stereocenters. The van der Waals surface area contributed by atoms with Gasteiger partial charge < -0.3 is 20.2 Å². The number of unbranched alkanes of at least 4 members (excludes halogenated alkanes) is 1. The molecule has 1 heterocycles. The molecule has 2 unspecified atom stereocenters. The van der Waals surface area contributed by atoms with Crippen LogP contribution in [0.4, 0.5) is 0 Å². The molecule has 1 rings (SSSR count). The van der Waals surface area contributed by atoms with E-state index in [0.29, 0.717) is 19.5 Å². The lowest BCUT2D eigenvalue weighted by atomic mass is 10.1. The fourth-order valence-electron chi connectivity index (χ4n) is 2.44. The van der Waals surface area contributed by atoms with E-state index in [9.17, 15) is 14.4 Å². The number of carbonyl (C=O) groups is 3. The lowest BCUT2D eigenvalue weighted by Gasteiger charge is -2.20. The molecule has 0 saturated carbocycles. The van der Waals surface area contributed by atoms with Gasteiger partial charge in [0.2, 0.25) is 11.8 Å². The number of aliphatic carboxylic acids is 1. The van der Waals surface area contributed by atoms with E-state index >= 15 is 0 Å². The number of carboxylic acid groups (broad SMARTS) is 1. The van der Waals surface area contributed by atoms with E-state index in [1.165, 1.54) is 0 Å². The second-order valence-electron chi connectivity index (χ2n) is 6.09. The minimum Gasteiger partial charge on any atom is -0.480 e. The van der Waals surface area contributed by atoms with E-state index in [4.69, 9.17) is 5.11 Å². The van der Waals surface area contributed by atoms with Gasteiger partial charge in [0.15, 0.2) is 0 Å². The van der Waals surface area contributed by atoms with Gasteiger partial charge in [-0.25, -0.2) is 4.79 Å². The molecular weight excluding hydrogens is 286 g/mol. The summed E-state index contributed by atoms with van der Waals surface area (Å²) in [6, 6.07) is -0.863. The minimum absolute atomic E-state index is 0.0394. The van der Waals surface area contributed by atoms with Crippen LogP contribution in [0.5, 0.6) is 0 Å². The summed E-state index contributed by atoms with van der Waals surface area (Å²) < 4.78 is 0. The first-order valence-corrected chi connectivity index (χ1v) is 7.80. The molecule has 126 valence electrons. The highest BCUT2D eigenvalue weighted by Crippen LogP contribution is 2.18. The molecule has 0 aromatic rings. The first-order valence-electron chi connectivity index (χ1n) is 7.80. The SMILES string of the molecule is CCCCC(NC(=O)C1CC(=O)N(CCN(C)C)C1)C(=O)O.